The van der Waals surface area contributed by atoms with E-state index >= 15 is 0 Å². The lowest BCUT2D eigenvalue weighted by Gasteiger charge is -2.10. The first-order chi connectivity index (χ1) is 10.5. The van der Waals surface area contributed by atoms with Gasteiger partial charge in [-0.1, -0.05) is 29.7 Å². The fourth-order valence-corrected chi connectivity index (χ4v) is 2.05. The van der Waals surface area contributed by atoms with Crippen molar-refractivity contribution in [3.63, 3.8) is 0 Å². The number of carbonyl (C=O) groups excluding carboxylic acids is 2. The van der Waals surface area contributed by atoms with Crippen LogP contribution in [0.3, 0.4) is 0 Å². The van der Waals surface area contributed by atoms with Gasteiger partial charge in [0.15, 0.2) is 0 Å². The molecule has 0 bridgehead atoms. The Labute approximate surface area is 130 Å². The minimum atomic E-state index is -0.383. The summed E-state index contributed by atoms with van der Waals surface area (Å²) in [6.07, 6.45) is 0. The van der Waals surface area contributed by atoms with Crippen molar-refractivity contribution in [3.8, 4) is 0 Å². The maximum absolute atomic E-state index is 12.2. The summed E-state index contributed by atoms with van der Waals surface area (Å²) in [5.74, 6) is -0.562. The van der Waals surface area contributed by atoms with E-state index in [1.54, 1.807) is 42.5 Å². The van der Waals surface area contributed by atoms with Crippen LogP contribution in [0.4, 0.5) is 0 Å². The number of amides is 1. The Hall–Kier alpha value is -2.56. The predicted molar refractivity (Wildman–Crippen MR) is 85.5 cm³/mol. The Kier molecular flexibility index (Phi) is 4.99. The fraction of sp³-hybridized carbons (Fsp3) is 0.176. The number of hydrogen-bond donors (Lipinski definition) is 1. The maximum Gasteiger partial charge on any atom is 0.337 e. The van der Waals surface area contributed by atoms with Gasteiger partial charge in [-0.25, -0.2) is 4.79 Å². The van der Waals surface area contributed by atoms with Crippen LogP contribution in [0.1, 0.15) is 31.8 Å². The third kappa shape index (κ3) is 3.55. The summed E-state index contributed by atoms with van der Waals surface area (Å²) in [6, 6.07) is 12.1. The molecule has 1 N–H and O–H groups in total. The largest absolute Gasteiger partial charge is 0.465 e. The Morgan fingerprint density at radius 3 is 2.45 bits per heavy atom. The Morgan fingerprint density at radius 1 is 1.14 bits per heavy atom. The molecule has 2 radical (unpaired) electrons. The number of methoxy groups -OCH3 is 1. The molecule has 0 fully saturated rings. The second-order valence-electron chi connectivity index (χ2n) is 4.89. The molecule has 1 amide bonds. The highest BCUT2D eigenvalue weighted by molar-refractivity contribution is 6.33. The van der Waals surface area contributed by atoms with Crippen molar-refractivity contribution < 1.29 is 14.3 Å². The highest BCUT2D eigenvalue weighted by Crippen LogP contribution is 2.07. The van der Waals surface area contributed by atoms with E-state index in [4.69, 9.17) is 7.85 Å². The van der Waals surface area contributed by atoms with Gasteiger partial charge in [0.1, 0.15) is 7.85 Å². The molecular weight excluding hydrogens is 277 g/mol. The van der Waals surface area contributed by atoms with Gasteiger partial charge < -0.3 is 10.1 Å². The van der Waals surface area contributed by atoms with E-state index in [9.17, 15) is 9.59 Å². The number of nitrogens with one attached hydrogen (secondary N) is 1. The molecule has 5 heteroatoms. The molecular formula is C17H16BNO3. The predicted octanol–water partition coefficient (Wildman–Crippen LogP) is 1.51. The molecule has 22 heavy (non-hydrogen) atoms. The third-order valence-electron chi connectivity index (χ3n) is 3.45. The number of benzene rings is 2. The molecule has 0 spiro atoms. The van der Waals surface area contributed by atoms with Crippen LogP contribution in [-0.4, -0.2) is 26.8 Å². The summed E-state index contributed by atoms with van der Waals surface area (Å²) >= 11 is 0. The first kappa shape index (κ1) is 15.8. The van der Waals surface area contributed by atoms with Crippen molar-refractivity contribution in [1.29, 1.82) is 0 Å². The molecule has 4 nitrogen and oxygen atoms in total. The molecule has 0 unspecified atom stereocenters. The maximum atomic E-state index is 12.2. The number of esters is 1. The average Bonchev–Trinajstić information content (AvgIpc) is 2.55. The number of carbonyl (C=O) groups is 2. The van der Waals surface area contributed by atoms with Gasteiger partial charge in [0, 0.05) is 12.1 Å². The van der Waals surface area contributed by atoms with Crippen LogP contribution in [0.2, 0.25) is 0 Å². The normalized spacial score (nSPS) is 10.1. The average molecular weight is 293 g/mol. The van der Waals surface area contributed by atoms with E-state index in [1.807, 2.05) is 6.92 Å². The molecule has 0 aliphatic heterocycles. The van der Waals surface area contributed by atoms with Gasteiger partial charge in [-0.15, -0.1) is 0 Å². The van der Waals surface area contributed by atoms with Crippen LogP contribution >= 0.6 is 0 Å². The van der Waals surface area contributed by atoms with Crippen LogP contribution in [0, 0.1) is 6.92 Å². The van der Waals surface area contributed by atoms with Crippen LogP contribution < -0.4 is 10.8 Å². The summed E-state index contributed by atoms with van der Waals surface area (Å²) in [4.78, 5) is 23.5. The molecule has 0 atom stereocenters. The van der Waals surface area contributed by atoms with E-state index in [-0.39, 0.29) is 11.9 Å². The van der Waals surface area contributed by atoms with E-state index < -0.39 is 0 Å². The molecule has 0 saturated carbocycles. The van der Waals surface area contributed by atoms with Crippen LogP contribution in [0.5, 0.6) is 0 Å². The lowest BCUT2D eigenvalue weighted by molar-refractivity contribution is 0.0600. The van der Waals surface area contributed by atoms with Gasteiger partial charge >= 0.3 is 5.97 Å². The highest BCUT2D eigenvalue weighted by atomic mass is 16.5. The molecule has 2 aromatic carbocycles. The minimum Gasteiger partial charge on any atom is -0.465 e. The number of rotatable bonds is 4. The van der Waals surface area contributed by atoms with Gasteiger partial charge in [-0.2, -0.15) is 0 Å². The lowest BCUT2D eigenvalue weighted by atomic mass is 9.88. The van der Waals surface area contributed by atoms with E-state index in [1.165, 1.54) is 7.11 Å². The number of ether oxygens (including phenoxy) is 1. The zero-order valence-corrected chi connectivity index (χ0v) is 12.6. The summed E-state index contributed by atoms with van der Waals surface area (Å²) in [5.41, 5.74) is 3.29. The van der Waals surface area contributed by atoms with Crippen molar-refractivity contribution >= 4 is 25.2 Å². The van der Waals surface area contributed by atoms with Crippen LogP contribution in [0.15, 0.2) is 42.5 Å². The summed E-state index contributed by atoms with van der Waals surface area (Å²) in [6.45, 7) is 2.18. The van der Waals surface area contributed by atoms with Gasteiger partial charge in [0.05, 0.1) is 12.7 Å². The van der Waals surface area contributed by atoms with Crippen LogP contribution in [0.25, 0.3) is 0 Å². The molecule has 0 heterocycles. The molecule has 0 aromatic heterocycles. The van der Waals surface area contributed by atoms with Gasteiger partial charge in [0.25, 0.3) is 5.91 Å². The van der Waals surface area contributed by atoms with E-state index in [0.717, 1.165) is 11.1 Å². The Balaban J connectivity index is 2.02. The fourth-order valence-electron chi connectivity index (χ4n) is 2.05. The molecule has 2 rings (SSSR count). The van der Waals surface area contributed by atoms with Crippen molar-refractivity contribution in [2.45, 2.75) is 13.5 Å². The highest BCUT2D eigenvalue weighted by Gasteiger charge is 2.10. The van der Waals surface area contributed by atoms with E-state index in [2.05, 4.69) is 10.1 Å². The van der Waals surface area contributed by atoms with Crippen LogP contribution in [-0.2, 0) is 11.3 Å². The minimum absolute atomic E-state index is 0.179. The molecule has 0 aliphatic carbocycles. The second kappa shape index (κ2) is 6.94. The van der Waals surface area contributed by atoms with Gasteiger partial charge in [-0.05, 0) is 36.2 Å². The molecule has 2 aromatic rings. The molecule has 110 valence electrons. The van der Waals surface area contributed by atoms with Crippen molar-refractivity contribution in [2.75, 3.05) is 7.11 Å². The van der Waals surface area contributed by atoms with Crippen molar-refractivity contribution in [2.24, 2.45) is 0 Å². The molecule has 0 saturated heterocycles. The smallest absolute Gasteiger partial charge is 0.337 e. The molecule has 0 aliphatic rings. The SMILES string of the molecule is [B]c1cccc(C(=O)NCc2ccc(C(=O)OC)cc2)c1C. The van der Waals surface area contributed by atoms with Gasteiger partial charge in [0.2, 0.25) is 0 Å². The standard InChI is InChI=1S/C17H16BNO3/c1-11-14(4-3-5-15(11)18)16(20)19-10-12-6-8-13(9-7-12)17(21)22-2/h3-9H,10H2,1-2H3,(H,19,20). The zero-order chi connectivity index (χ0) is 16.1. The van der Waals surface area contributed by atoms with Crippen molar-refractivity contribution in [3.05, 3.63) is 64.7 Å². The number of hydrogen-bond acceptors (Lipinski definition) is 3. The Bertz CT molecular complexity index is 696. The summed E-state index contributed by atoms with van der Waals surface area (Å²) in [7, 11) is 7.14. The summed E-state index contributed by atoms with van der Waals surface area (Å²) in [5, 5.41) is 2.84. The zero-order valence-electron chi connectivity index (χ0n) is 12.6. The van der Waals surface area contributed by atoms with Crippen molar-refractivity contribution in [1.82, 2.24) is 5.32 Å². The third-order valence-corrected chi connectivity index (χ3v) is 3.45. The lowest BCUT2D eigenvalue weighted by Crippen LogP contribution is -2.25. The monoisotopic (exact) mass is 293 g/mol. The van der Waals surface area contributed by atoms with Gasteiger partial charge in [-0.3, -0.25) is 4.79 Å². The van der Waals surface area contributed by atoms with E-state index in [0.29, 0.717) is 23.1 Å². The first-order valence-corrected chi connectivity index (χ1v) is 6.83. The summed E-state index contributed by atoms with van der Waals surface area (Å²) < 4.78 is 4.64. The first-order valence-electron chi connectivity index (χ1n) is 6.83. The quantitative estimate of drug-likeness (QED) is 0.686. The second-order valence-corrected chi connectivity index (χ2v) is 4.89. The topological polar surface area (TPSA) is 55.4 Å². The Morgan fingerprint density at radius 2 is 1.82 bits per heavy atom.